The van der Waals surface area contributed by atoms with Gasteiger partial charge in [0.15, 0.2) is 11.2 Å². The molecule has 1 saturated heterocycles. The van der Waals surface area contributed by atoms with E-state index in [4.69, 9.17) is 0 Å². The molecule has 1 amide bonds. The van der Waals surface area contributed by atoms with Crippen molar-refractivity contribution in [2.75, 3.05) is 18.9 Å². The third-order valence-electron chi connectivity index (χ3n) is 5.48. The molecule has 3 aromatic rings. The van der Waals surface area contributed by atoms with Gasteiger partial charge in [-0.2, -0.15) is 8.42 Å². The van der Waals surface area contributed by atoms with E-state index in [9.17, 15) is 22.8 Å². The molecule has 0 atom stereocenters. The highest BCUT2D eigenvalue weighted by Gasteiger charge is 2.21. The predicted molar refractivity (Wildman–Crippen MR) is 122 cm³/mol. The molecule has 2 aromatic heterocycles. The summed E-state index contributed by atoms with van der Waals surface area (Å²) < 4.78 is 32.8. The largest absolute Gasteiger partial charge is 0.362 e. The van der Waals surface area contributed by atoms with Crippen molar-refractivity contribution in [1.82, 2.24) is 23.6 Å². The zero-order chi connectivity index (χ0) is 23.9. The van der Waals surface area contributed by atoms with Crippen molar-refractivity contribution < 1.29 is 13.2 Å². The molecule has 0 unspecified atom stereocenters. The van der Waals surface area contributed by atoms with Crippen molar-refractivity contribution >= 4 is 38.6 Å². The van der Waals surface area contributed by atoms with Crippen LogP contribution in [0.3, 0.4) is 0 Å². The Bertz CT molecular complexity index is 1510. The number of rotatable bonds is 5. The Morgan fingerprint density at radius 3 is 2.67 bits per heavy atom. The molecule has 0 spiro atoms. The Labute approximate surface area is 188 Å². The summed E-state index contributed by atoms with van der Waals surface area (Å²) in [7, 11) is 0.903. The number of anilines is 1. The number of likely N-dealkylation sites (tertiary alicyclic amines) is 1. The van der Waals surface area contributed by atoms with Gasteiger partial charge in [0.1, 0.15) is 12.4 Å². The molecule has 1 aromatic carbocycles. The van der Waals surface area contributed by atoms with Crippen LogP contribution in [0.4, 0.5) is 5.69 Å². The van der Waals surface area contributed by atoms with E-state index in [0.29, 0.717) is 12.3 Å². The first-order valence-corrected chi connectivity index (χ1v) is 11.6. The van der Waals surface area contributed by atoms with E-state index in [-0.39, 0.29) is 21.7 Å². The number of imidazole rings is 1. The molecule has 1 aliphatic rings. The fourth-order valence-corrected chi connectivity index (χ4v) is 4.86. The Balaban J connectivity index is 1.59. The van der Waals surface area contributed by atoms with Gasteiger partial charge in [0.2, 0.25) is 5.91 Å². The second kappa shape index (κ2) is 8.31. The Kier molecular flexibility index (Phi) is 5.66. The van der Waals surface area contributed by atoms with Crippen LogP contribution in [0.1, 0.15) is 12.8 Å². The zero-order valence-corrected chi connectivity index (χ0v) is 19.2. The van der Waals surface area contributed by atoms with Crippen molar-refractivity contribution in [2.45, 2.75) is 24.3 Å². The monoisotopic (exact) mass is 473 g/mol. The van der Waals surface area contributed by atoms with E-state index in [0.717, 1.165) is 17.5 Å². The van der Waals surface area contributed by atoms with Gasteiger partial charge in [-0.1, -0.05) is 6.07 Å². The van der Waals surface area contributed by atoms with Crippen molar-refractivity contribution in [3.63, 3.8) is 0 Å². The molecule has 4 rings (SSSR count). The number of amides is 1. The van der Waals surface area contributed by atoms with Crippen molar-refractivity contribution in [1.29, 1.82) is 0 Å². The van der Waals surface area contributed by atoms with Crippen LogP contribution >= 0.6 is 0 Å². The van der Waals surface area contributed by atoms with Gasteiger partial charge >= 0.3 is 5.69 Å². The number of nitrogens with one attached hydrogen (secondary N) is 1. The van der Waals surface area contributed by atoms with Crippen molar-refractivity contribution in [3.05, 3.63) is 51.4 Å². The molecule has 33 heavy (non-hydrogen) atoms. The number of aromatic nitrogens is 4. The molecular formula is C20H23N7O5S. The fourth-order valence-electron chi connectivity index (χ4n) is 3.72. The number of carbonyl (C=O) groups excluding carboxylic acids is 1. The highest BCUT2D eigenvalue weighted by Crippen LogP contribution is 2.20. The number of benzene rings is 1. The van der Waals surface area contributed by atoms with E-state index >= 15 is 0 Å². The summed E-state index contributed by atoms with van der Waals surface area (Å²) in [5.74, 6) is -0.169. The minimum atomic E-state index is -3.96. The Morgan fingerprint density at radius 2 is 1.97 bits per heavy atom. The Hall–Kier alpha value is -3.74. The molecule has 174 valence electrons. The van der Waals surface area contributed by atoms with Crippen LogP contribution in [0, 0.1) is 0 Å². The standard InChI is InChI=1S/C20H23N7O5S/c1-24-9-5-8-15(24)23-33(31,32)14-7-4-6-13(10-14)22-16(28)11-27-19(29)17-18(21-12-25(17)2)26(3)20(27)30/h4,6-7,10,12H,5,8-9,11H2,1-3H3,(H,22,28)/b23-15+. The maximum atomic E-state index is 12.8. The molecule has 1 aliphatic heterocycles. The fraction of sp³-hybridized carbons (Fsp3) is 0.350. The van der Waals surface area contributed by atoms with Crippen LogP contribution in [-0.4, -0.2) is 57.3 Å². The number of hydrogen-bond donors (Lipinski definition) is 1. The molecule has 0 aliphatic carbocycles. The number of aryl methyl sites for hydroxylation is 2. The third-order valence-corrected chi connectivity index (χ3v) is 6.78. The predicted octanol–water partition coefficient (Wildman–Crippen LogP) is -0.115. The summed E-state index contributed by atoms with van der Waals surface area (Å²) in [6.45, 7) is 0.199. The first-order chi connectivity index (χ1) is 15.6. The zero-order valence-electron chi connectivity index (χ0n) is 18.3. The van der Waals surface area contributed by atoms with Crippen LogP contribution in [0.25, 0.3) is 11.2 Å². The van der Waals surface area contributed by atoms with Gasteiger partial charge in [-0.3, -0.25) is 14.2 Å². The molecule has 0 saturated carbocycles. The van der Waals surface area contributed by atoms with Crippen LogP contribution in [0.2, 0.25) is 0 Å². The summed E-state index contributed by atoms with van der Waals surface area (Å²) >= 11 is 0. The molecule has 1 fully saturated rings. The summed E-state index contributed by atoms with van der Waals surface area (Å²) in [5.41, 5.74) is -0.719. The maximum Gasteiger partial charge on any atom is 0.332 e. The lowest BCUT2D eigenvalue weighted by molar-refractivity contribution is -0.116. The highest BCUT2D eigenvalue weighted by atomic mass is 32.2. The lowest BCUT2D eigenvalue weighted by atomic mass is 10.3. The third kappa shape index (κ3) is 4.18. The minimum absolute atomic E-state index is 0.0718. The minimum Gasteiger partial charge on any atom is -0.362 e. The molecule has 3 heterocycles. The van der Waals surface area contributed by atoms with Crippen molar-refractivity contribution in [2.24, 2.45) is 18.5 Å². The molecule has 0 bridgehead atoms. The van der Waals surface area contributed by atoms with Gasteiger partial charge < -0.3 is 14.8 Å². The first-order valence-electron chi connectivity index (χ1n) is 10.1. The van der Waals surface area contributed by atoms with Gasteiger partial charge in [0.25, 0.3) is 15.6 Å². The van der Waals surface area contributed by atoms with Crippen LogP contribution in [0.15, 0.2) is 49.5 Å². The molecule has 13 heteroatoms. The molecular weight excluding hydrogens is 450 g/mol. The average molecular weight is 474 g/mol. The Morgan fingerprint density at radius 1 is 1.21 bits per heavy atom. The van der Waals surface area contributed by atoms with Crippen LogP contribution in [0.5, 0.6) is 0 Å². The van der Waals surface area contributed by atoms with Crippen molar-refractivity contribution in [3.8, 4) is 0 Å². The summed E-state index contributed by atoms with van der Waals surface area (Å²) in [6.07, 6.45) is 2.83. The lowest BCUT2D eigenvalue weighted by Gasteiger charge is -2.12. The number of fused-ring (bicyclic) bond motifs is 1. The maximum absolute atomic E-state index is 12.8. The smallest absolute Gasteiger partial charge is 0.332 e. The van der Waals surface area contributed by atoms with Gasteiger partial charge in [-0.15, -0.1) is 4.40 Å². The van der Waals surface area contributed by atoms with Gasteiger partial charge in [0, 0.05) is 39.8 Å². The van der Waals surface area contributed by atoms with Crippen LogP contribution < -0.4 is 16.6 Å². The topological polar surface area (TPSA) is 141 Å². The van der Waals surface area contributed by atoms with E-state index in [1.165, 1.54) is 46.8 Å². The summed E-state index contributed by atoms with van der Waals surface area (Å²) in [4.78, 5) is 43.7. The first kappa shape index (κ1) is 22.5. The number of sulfonamides is 1. The second-order valence-electron chi connectivity index (χ2n) is 7.84. The number of nitrogens with zero attached hydrogens (tertiary/aromatic N) is 6. The lowest BCUT2D eigenvalue weighted by Crippen LogP contribution is -2.42. The summed E-state index contributed by atoms with van der Waals surface area (Å²) in [5, 5.41) is 2.54. The quantitative estimate of drug-likeness (QED) is 0.545. The van der Waals surface area contributed by atoms with E-state index in [1.807, 2.05) is 0 Å². The molecule has 0 radical (unpaired) electrons. The normalized spacial score (nSPS) is 15.5. The number of amidine groups is 1. The molecule has 1 N–H and O–H groups in total. The van der Waals surface area contributed by atoms with E-state index in [1.54, 1.807) is 19.0 Å². The van der Waals surface area contributed by atoms with E-state index in [2.05, 4.69) is 14.7 Å². The van der Waals surface area contributed by atoms with Gasteiger partial charge in [0.05, 0.1) is 11.2 Å². The van der Waals surface area contributed by atoms with Gasteiger partial charge in [-0.25, -0.2) is 14.3 Å². The number of hydrogen-bond acceptors (Lipinski definition) is 6. The summed E-state index contributed by atoms with van der Waals surface area (Å²) in [6, 6.07) is 5.67. The average Bonchev–Trinajstić information content (AvgIpc) is 3.35. The second-order valence-corrected chi connectivity index (χ2v) is 9.45. The molecule has 12 nitrogen and oxygen atoms in total. The van der Waals surface area contributed by atoms with Crippen LogP contribution in [-0.2, 0) is 35.5 Å². The highest BCUT2D eigenvalue weighted by molar-refractivity contribution is 7.90. The van der Waals surface area contributed by atoms with Gasteiger partial charge in [-0.05, 0) is 24.6 Å². The van der Waals surface area contributed by atoms with E-state index < -0.39 is 33.7 Å². The SMILES string of the molecule is CN1CCC/C1=N\S(=O)(=O)c1cccc(NC(=O)Cn2c(=O)c3c(ncn3C)n(C)c2=O)c1. The number of carbonyl (C=O) groups is 1.